The van der Waals surface area contributed by atoms with E-state index in [1.54, 1.807) is 57.3 Å². The van der Waals surface area contributed by atoms with Crippen molar-refractivity contribution in [2.75, 3.05) is 5.32 Å². The van der Waals surface area contributed by atoms with Gasteiger partial charge in [0.15, 0.2) is 5.65 Å². The number of halogens is 1. The van der Waals surface area contributed by atoms with Gasteiger partial charge in [-0.25, -0.2) is 17.7 Å². The first kappa shape index (κ1) is 20.2. The number of rotatable bonds is 5. The van der Waals surface area contributed by atoms with Crippen molar-refractivity contribution < 1.29 is 13.2 Å². The Morgan fingerprint density at radius 3 is 2.68 bits per heavy atom. The van der Waals surface area contributed by atoms with E-state index in [0.717, 1.165) is 0 Å². The van der Waals surface area contributed by atoms with Gasteiger partial charge in [-0.2, -0.15) is 4.98 Å². The molecule has 0 aliphatic rings. The van der Waals surface area contributed by atoms with Crippen LogP contribution in [0.2, 0.25) is 5.02 Å². The fraction of sp³-hybridized carbons (Fsp3) is 0.278. The lowest BCUT2D eigenvalue weighted by atomic mass is 10.1. The van der Waals surface area contributed by atoms with Crippen molar-refractivity contribution in [3.8, 4) is 0 Å². The van der Waals surface area contributed by atoms with E-state index >= 15 is 0 Å². The Balaban J connectivity index is 1.76. The monoisotopic (exact) mass is 421 g/mol. The van der Waals surface area contributed by atoms with Crippen LogP contribution < -0.4 is 10.0 Å². The molecule has 2 N–H and O–H groups in total. The molecule has 0 unspecified atom stereocenters. The number of benzene rings is 1. The lowest BCUT2D eigenvalue weighted by Gasteiger charge is -2.20. The third-order valence-corrected chi connectivity index (χ3v) is 5.39. The molecule has 10 heteroatoms. The van der Waals surface area contributed by atoms with Crippen molar-refractivity contribution in [3.05, 3.63) is 58.7 Å². The number of hydrogen-bond acceptors (Lipinski definition) is 5. The highest BCUT2D eigenvalue weighted by molar-refractivity contribution is 7.88. The zero-order valence-electron chi connectivity index (χ0n) is 15.6. The zero-order chi connectivity index (χ0) is 20.5. The Morgan fingerprint density at radius 1 is 1.21 bits per heavy atom. The smallest absolute Gasteiger partial charge is 0.258 e. The second-order valence-electron chi connectivity index (χ2n) is 7.35. The van der Waals surface area contributed by atoms with Gasteiger partial charge in [0.05, 0.1) is 10.8 Å². The van der Waals surface area contributed by atoms with Gasteiger partial charge in [0, 0.05) is 17.3 Å². The second kappa shape index (κ2) is 7.50. The van der Waals surface area contributed by atoms with Gasteiger partial charge < -0.3 is 0 Å². The molecule has 0 atom stereocenters. The summed E-state index contributed by atoms with van der Waals surface area (Å²) in [6, 6.07) is 9.77. The Kier molecular flexibility index (Phi) is 5.42. The Morgan fingerprint density at radius 2 is 1.96 bits per heavy atom. The molecule has 8 nitrogen and oxygen atoms in total. The summed E-state index contributed by atoms with van der Waals surface area (Å²) in [5, 5.41) is 7.24. The SMILES string of the molecule is CC(C)(C)NS(=O)(=O)Cc1cccc(C(=O)Nc2nc3ccc(Cl)cn3n2)c1. The van der Waals surface area contributed by atoms with Crippen LogP contribution in [0.1, 0.15) is 36.7 Å². The summed E-state index contributed by atoms with van der Waals surface area (Å²) in [4.78, 5) is 16.7. The van der Waals surface area contributed by atoms with Gasteiger partial charge in [0.1, 0.15) is 0 Å². The molecule has 0 aliphatic carbocycles. The highest BCUT2D eigenvalue weighted by atomic mass is 35.5. The van der Waals surface area contributed by atoms with Crippen LogP contribution in [0.15, 0.2) is 42.6 Å². The second-order valence-corrected chi connectivity index (χ2v) is 9.51. The summed E-state index contributed by atoms with van der Waals surface area (Å²) in [5.41, 5.74) is 0.762. The van der Waals surface area contributed by atoms with Crippen LogP contribution in [0.25, 0.3) is 5.65 Å². The topological polar surface area (TPSA) is 105 Å². The number of fused-ring (bicyclic) bond motifs is 1. The predicted molar refractivity (Wildman–Crippen MR) is 108 cm³/mol. The maximum Gasteiger partial charge on any atom is 0.258 e. The van der Waals surface area contributed by atoms with Crippen molar-refractivity contribution in [3.63, 3.8) is 0 Å². The minimum absolute atomic E-state index is 0.125. The molecule has 3 aromatic rings. The molecular weight excluding hydrogens is 402 g/mol. The lowest BCUT2D eigenvalue weighted by Crippen LogP contribution is -2.41. The highest BCUT2D eigenvalue weighted by Gasteiger charge is 2.21. The van der Waals surface area contributed by atoms with E-state index < -0.39 is 21.5 Å². The molecule has 3 rings (SSSR count). The van der Waals surface area contributed by atoms with Crippen molar-refractivity contribution >= 4 is 39.1 Å². The Bertz CT molecular complexity index is 1140. The van der Waals surface area contributed by atoms with E-state index in [2.05, 4.69) is 20.1 Å². The molecule has 2 aromatic heterocycles. The molecule has 0 saturated carbocycles. The van der Waals surface area contributed by atoms with E-state index in [1.165, 1.54) is 10.6 Å². The first-order valence-electron chi connectivity index (χ1n) is 8.45. The number of sulfonamides is 1. The largest absolute Gasteiger partial charge is 0.289 e. The van der Waals surface area contributed by atoms with Gasteiger partial charge in [0.25, 0.3) is 5.91 Å². The minimum Gasteiger partial charge on any atom is -0.289 e. The van der Waals surface area contributed by atoms with Gasteiger partial charge in [-0.3, -0.25) is 10.1 Å². The van der Waals surface area contributed by atoms with E-state index in [0.29, 0.717) is 21.8 Å². The molecule has 0 fully saturated rings. The number of anilines is 1. The van der Waals surface area contributed by atoms with Gasteiger partial charge in [-0.15, -0.1) is 5.10 Å². The standard InChI is InChI=1S/C18H20ClN5O3S/c1-18(2,3)23-28(26,27)11-12-5-4-6-13(9-12)16(25)21-17-20-15-8-7-14(19)10-24(15)22-17/h4-10,23H,11H2,1-3H3,(H,21,22,25). The molecule has 0 aliphatic heterocycles. The summed E-state index contributed by atoms with van der Waals surface area (Å²) in [7, 11) is -3.54. The number of amides is 1. The summed E-state index contributed by atoms with van der Waals surface area (Å²) >= 11 is 5.91. The maximum absolute atomic E-state index is 12.5. The zero-order valence-corrected chi connectivity index (χ0v) is 17.2. The molecule has 148 valence electrons. The average molecular weight is 422 g/mol. The number of aromatic nitrogens is 3. The molecular formula is C18H20ClN5O3S. The van der Waals surface area contributed by atoms with E-state index in [1.807, 2.05) is 0 Å². The Labute approximate surface area is 168 Å². The summed E-state index contributed by atoms with van der Waals surface area (Å²) < 4.78 is 28.6. The fourth-order valence-electron chi connectivity index (χ4n) is 2.61. The number of carbonyl (C=O) groups is 1. The van der Waals surface area contributed by atoms with Gasteiger partial charge in [-0.05, 0) is 50.6 Å². The van der Waals surface area contributed by atoms with Crippen molar-refractivity contribution in [2.45, 2.75) is 32.1 Å². The number of nitrogens with zero attached hydrogens (tertiary/aromatic N) is 3. The molecule has 2 heterocycles. The molecule has 0 bridgehead atoms. The van der Waals surface area contributed by atoms with Crippen LogP contribution in [0.3, 0.4) is 0 Å². The predicted octanol–water partition coefficient (Wildman–Crippen LogP) is 2.85. The first-order chi connectivity index (χ1) is 13.0. The molecule has 0 spiro atoms. The van der Waals surface area contributed by atoms with Gasteiger partial charge in [0.2, 0.25) is 16.0 Å². The summed E-state index contributed by atoms with van der Waals surface area (Å²) in [6.07, 6.45) is 1.58. The highest BCUT2D eigenvalue weighted by Crippen LogP contribution is 2.14. The minimum atomic E-state index is -3.54. The number of pyridine rings is 1. The van der Waals surface area contributed by atoms with E-state index in [4.69, 9.17) is 11.6 Å². The van der Waals surface area contributed by atoms with Crippen molar-refractivity contribution in [2.24, 2.45) is 0 Å². The summed E-state index contributed by atoms with van der Waals surface area (Å²) in [5.74, 6) is -0.541. The lowest BCUT2D eigenvalue weighted by molar-refractivity contribution is 0.102. The van der Waals surface area contributed by atoms with Crippen LogP contribution in [0, 0.1) is 0 Å². The number of nitrogens with one attached hydrogen (secondary N) is 2. The van der Waals surface area contributed by atoms with Gasteiger partial charge >= 0.3 is 0 Å². The number of hydrogen-bond donors (Lipinski definition) is 2. The van der Waals surface area contributed by atoms with Crippen molar-refractivity contribution in [1.29, 1.82) is 0 Å². The normalized spacial score (nSPS) is 12.3. The first-order valence-corrected chi connectivity index (χ1v) is 10.5. The maximum atomic E-state index is 12.5. The van der Waals surface area contributed by atoms with E-state index in [-0.39, 0.29) is 11.7 Å². The van der Waals surface area contributed by atoms with Crippen LogP contribution in [-0.4, -0.2) is 34.5 Å². The molecule has 0 saturated heterocycles. The molecule has 28 heavy (non-hydrogen) atoms. The van der Waals surface area contributed by atoms with Crippen molar-refractivity contribution in [1.82, 2.24) is 19.3 Å². The average Bonchev–Trinajstić information content (AvgIpc) is 2.93. The van der Waals surface area contributed by atoms with Crippen LogP contribution >= 0.6 is 11.6 Å². The van der Waals surface area contributed by atoms with Gasteiger partial charge in [-0.1, -0.05) is 23.7 Å². The fourth-order valence-corrected chi connectivity index (χ4v) is 4.39. The van der Waals surface area contributed by atoms with E-state index in [9.17, 15) is 13.2 Å². The van der Waals surface area contributed by atoms with Crippen LogP contribution in [0.5, 0.6) is 0 Å². The Hall–Kier alpha value is -2.49. The quantitative estimate of drug-likeness (QED) is 0.658. The van der Waals surface area contributed by atoms with Crippen LogP contribution in [-0.2, 0) is 15.8 Å². The molecule has 1 amide bonds. The number of carbonyl (C=O) groups excluding carboxylic acids is 1. The summed E-state index contributed by atoms with van der Waals surface area (Å²) in [6.45, 7) is 5.30. The third kappa shape index (κ3) is 5.28. The molecule has 1 aromatic carbocycles. The molecule has 0 radical (unpaired) electrons. The van der Waals surface area contributed by atoms with Crippen LogP contribution in [0.4, 0.5) is 5.95 Å². The third-order valence-electron chi connectivity index (χ3n) is 3.53.